The number of nitrogens with zero attached hydrogens (tertiary/aromatic N) is 1. The first-order valence-electron chi connectivity index (χ1n) is 8.80. The Bertz CT molecular complexity index is 963. The first kappa shape index (κ1) is 20.9. The molecule has 2 aromatic carbocycles. The van der Waals surface area contributed by atoms with E-state index in [1.54, 1.807) is 24.3 Å². The zero-order valence-corrected chi connectivity index (χ0v) is 17.6. The molecule has 0 bridgehead atoms. The summed E-state index contributed by atoms with van der Waals surface area (Å²) in [4.78, 5) is 12.8. The molecule has 0 aromatic heterocycles. The van der Waals surface area contributed by atoms with Crippen molar-refractivity contribution < 1.29 is 13.2 Å². The third-order valence-electron chi connectivity index (χ3n) is 4.83. The quantitative estimate of drug-likeness (QED) is 0.702. The summed E-state index contributed by atoms with van der Waals surface area (Å²) < 4.78 is 26.9. The number of piperidine rings is 1. The van der Waals surface area contributed by atoms with Crippen LogP contribution in [0.3, 0.4) is 0 Å². The van der Waals surface area contributed by atoms with Gasteiger partial charge in [0.05, 0.1) is 20.6 Å². The lowest BCUT2D eigenvalue weighted by molar-refractivity contribution is -0.120. The fourth-order valence-corrected chi connectivity index (χ4v) is 5.08. The van der Waals surface area contributed by atoms with Gasteiger partial charge in [0.15, 0.2) is 0 Å². The highest BCUT2D eigenvalue weighted by molar-refractivity contribution is 7.89. The Labute approximate surface area is 174 Å². The average molecular weight is 442 g/mol. The molecule has 1 amide bonds. The number of carbonyl (C=O) groups is 1. The van der Waals surface area contributed by atoms with Gasteiger partial charge in [-0.1, -0.05) is 40.9 Å². The number of hydrogen-bond acceptors (Lipinski definition) is 4. The van der Waals surface area contributed by atoms with Crippen molar-refractivity contribution in [3.8, 4) is 0 Å². The van der Waals surface area contributed by atoms with Crippen LogP contribution in [0.1, 0.15) is 18.4 Å². The number of sulfonamides is 1. The number of rotatable bonds is 4. The van der Waals surface area contributed by atoms with Crippen molar-refractivity contribution in [2.24, 2.45) is 5.92 Å². The van der Waals surface area contributed by atoms with E-state index < -0.39 is 10.0 Å². The molecule has 1 aliphatic rings. The van der Waals surface area contributed by atoms with Gasteiger partial charge in [-0.05, 0) is 44.0 Å². The number of halogens is 2. The molecule has 0 unspecified atom stereocenters. The Hall–Kier alpha value is -1.80. The highest BCUT2D eigenvalue weighted by atomic mass is 35.5. The number of aryl methyl sites for hydroxylation is 1. The Balaban J connectivity index is 1.63. The van der Waals surface area contributed by atoms with Crippen LogP contribution in [0.2, 0.25) is 10.0 Å². The van der Waals surface area contributed by atoms with Gasteiger partial charge in [0.25, 0.3) is 0 Å². The Morgan fingerprint density at radius 3 is 2.18 bits per heavy atom. The smallest absolute Gasteiger partial charge is 0.243 e. The van der Waals surface area contributed by atoms with Gasteiger partial charge < -0.3 is 11.1 Å². The lowest BCUT2D eigenvalue weighted by Crippen LogP contribution is -2.41. The van der Waals surface area contributed by atoms with Crippen molar-refractivity contribution in [1.29, 1.82) is 0 Å². The molecule has 1 heterocycles. The SMILES string of the molecule is Cc1ccc(S(=O)(=O)N2CCC(C(=O)Nc3cc(Cl)c(N)c(Cl)c3)CC2)cc1. The molecule has 0 saturated carbocycles. The summed E-state index contributed by atoms with van der Waals surface area (Å²) in [7, 11) is -3.55. The van der Waals surface area contributed by atoms with E-state index in [2.05, 4.69) is 5.32 Å². The maximum Gasteiger partial charge on any atom is 0.243 e. The molecule has 0 radical (unpaired) electrons. The lowest BCUT2D eigenvalue weighted by atomic mass is 9.97. The molecule has 0 aliphatic carbocycles. The van der Waals surface area contributed by atoms with Crippen molar-refractivity contribution >= 4 is 50.5 Å². The number of benzene rings is 2. The molecular formula is C19H21Cl2N3O3S. The van der Waals surface area contributed by atoms with Gasteiger partial charge in [-0.3, -0.25) is 4.79 Å². The summed E-state index contributed by atoms with van der Waals surface area (Å²) in [5.41, 5.74) is 7.42. The van der Waals surface area contributed by atoms with E-state index in [1.807, 2.05) is 6.92 Å². The summed E-state index contributed by atoms with van der Waals surface area (Å²) in [6.45, 7) is 2.48. The van der Waals surface area contributed by atoms with Crippen LogP contribution >= 0.6 is 23.2 Å². The van der Waals surface area contributed by atoms with E-state index >= 15 is 0 Å². The normalized spacial score (nSPS) is 16.1. The second-order valence-corrected chi connectivity index (χ2v) is 9.59. The summed E-state index contributed by atoms with van der Waals surface area (Å²) >= 11 is 12.0. The van der Waals surface area contributed by atoms with Gasteiger partial charge >= 0.3 is 0 Å². The van der Waals surface area contributed by atoms with Gasteiger partial charge in [-0.15, -0.1) is 0 Å². The van der Waals surface area contributed by atoms with E-state index in [9.17, 15) is 13.2 Å². The highest BCUT2D eigenvalue weighted by Crippen LogP contribution is 2.32. The minimum Gasteiger partial charge on any atom is -0.396 e. The van der Waals surface area contributed by atoms with E-state index in [1.165, 1.54) is 16.4 Å². The molecule has 150 valence electrons. The molecule has 0 spiro atoms. The van der Waals surface area contributed by atoms with Crippen LogP contribution in [-0.2, 0) is 14.8 Å². The van der Waals surface area contributed by atoms with Crippen LogP contribution in [0.15, 0.2) is 41.3 Å². The first-order chi connectivity index (χ1) is 13.2. The standard InChI is InChI=1S/C19H21Cl2N3O3S/c1-12-2-4-15(5-3-12)28(26,27)24-8-6-13(7-9-24)19(25)23-14-10-16(20)18(22)17(21)11-14/h2-5,10-11,13H,6-9,22H2,1H3,(H,23,25). The largest absolute Gasteiger partial charge is 0.396 e. The van der Waals surface area contributed by atoms with Crippen molar-refractivity contribution in [2.45, 2.75) is 24.7 Å². The van der Waals surface area contributed by atoms with Gasteiger partial charge in [-0.2, -0.15) is 4.31 Å². The molecule has 1 saturated heterocycles. The molecule has 1 aliphatic heterocycles. The fraction of sp³-hybridized carbons (Fsp3) is 0.316. The van der Waals surface area contributed by atoms with E-state index in [-0.39, 0.29) is 45.5 Å². The topological polar surface area (TPSA) is 92.5 Å². The maximum atomic E-state index is 12.8. The third kappa shape index (κ3) is 4.43. The Morgan fingerprint density at radius 2 is 1.64 bits per heavy atom. The number of nitrogen functional groups attached to an aromatic ring is 1. The average Bonchev–Trinajstić information content (AvgIpc) is 2.66. The number of anilines is 2. The van der Waals surface area contributed by atoms with Crippen LogP contribution in [0.25, 0.3) is 0 Å². The first-order valence-corrected chi connectivity index (χ1v) is 11.0. The van der Waals surface area contributed by atoms with Crippen LogP contribution in [0.5, 0.6) is 0 Å². The fourth-order valence-electron chi connectivity index (χ4n) is 3.12. The van der Waals surface area contributed by atoms with Gasteiger partial charge in [0.2, 0.25) is 15.9 Å². The molecule has 3 rings (SSSR count). The molecule has 3 N–H and O–H groups in total. The van der Waals surface area contributed by atoms with Crippen LogP contribution in [0, 0.1) is 12.8 Å². The number of nitrogens with two attached hydrogens (primary N) is 1. The summed E-state index contributed by atoms with van der Waals surface area (Å²) in [6.07, 6.45) is 0.876. The maximum absolute atomic E-state index is 12.8. The van der Waals surface area contributed by atoms with Crippen molar-refractivity contribution in [3.63, 3.8) is 0 Å². The second kappa shape index (κ2) is 8.29. The van der Waals surface area contributed by atoms with E-state index in [0.29, 0.717) is 18.5 Å². The van der Waals surface area contributed by atoms with Crippen LogP contribution in [-0.4, -0.2) is 31.7 Å². The third-order valence-corrected chi connectivity index (χ3v) is 7.37. The predicted molar refractivity (Wildman–Crippen MR) is 112 cm³/mol. The molecular weight excluding hydrogens is 421 g/mol. The number of hydrogen-bond donors (Lipinski definition) is 2. The summed E-state index contributed by atoms with van der Waals surface area (Å²) in [5, 5.41) is 3.31. The molecule has 9 heteroatoms. The minimum absolute atomic E-state index is 0.190. The Morgan fingerprint density at radius 1 is 1.11 bits per heavy atom. The minimum atomic E-state index is -3.55. The molecule has 1 fully saturated rings. The van der Waals surface area contributed by atoms with E-state index in [0.717, 1.165) is 5.56 Å². The van der Waals surface area contributed by atoms with E-state index in [4.69, 9.17) is 28.9 Å². The molecule has 28 heavy (non-hydrogen) atoms. The zero-order chi connectivity index (χ0) is 20.5. The lowest BCUT2D eigenvalue weighted by Gasteiger charge is -2.30. The summed E-state index contributed by atoms with van der Waals surface area (Å²) in [6, 6.07) is 9.84. The second-order valence-electron chi connectivity index (χ2n) is 6.83. The molecule has 2 aromatic rings. The Kier molecular flexibility index (Phi) is 6.19. The van der Waals surface area contributed by atoms with Crippen molar-refractivity contribution in [2.75, 3.05) is 24.1 Å². The van der Waals surface area contributed by atoms with Gasteiger partial charge in [0.1, 0.15) is 0 Å². The number of amides is 1. The number of carbonyl (C=O) groups excluding carboxylic acids is 1. The van der Waals surface area contributed by atoms with Gasteiger partial charge in [0, 0.05) is 24.7 Å². The molecule has 0 atom stereocenters. The number of nitrogens with one attached hydrogen (secondary N) is 1. The molecule has 6 nitrogen and oxygen atoms in total. The monoisotopic (exact) mass is 441 g/mol. The zero-order valence-electron chi connectivity index (χ0n) is 15.3. The van der Waals surface area contributed by atoms with Crippen molar-refractivity contribution in [1.82, 2.24) is 4.31 Å². The van der Waals surface area contributed by atoms with Crippen LogP contribution < -0.4 is 11.1 Å². The van der Waals surface area contributed by atoms with Gasteiger partial charge in [-0.25, -0.2) is 8.42 Å². The highest BCUT2D eigenvalue weighted by Gasteiger charge is 2.32. The van der Waals surface area contributed by atoms with Crippen molar-refractivity contribution in [3.05, 3.63) is 52.0 Å². The van der Waals surface area contributed by atoms with Crippen LogP contribution in [0.4, 0.5) is 11.4 Å². The summed E-state index contributed by atoms with van der Waals surface area (Å²) in [5.74, 6) is -0.483. The predicted octanol–water partition coefficient (Wildman–Crippen LogP) is 3.92.